The Morgan fingerprint density at radius 1 is 1.20 bits per heavy atom. The number of likely N-dealkylation sites (N-methyl/N-ethyl adjacent to an activating group) is 1. The average Bonchev–Trinajstić information content (AvgIpc) is 2.37. The molecule has 122 valence electrons. The Bertz CT molecular complexity index is 251. The van der Waals surface area contributed by atoms with Crippen molar-refractivity contribution in [3.63, 3.8) is 0 Å². The van der Waals surface area contributed by atoms with Gasteiger partial charge in [0.1, 0.15) is 0 Å². The van der Waals surface area contributed by atoms with E-state index in [-0.39, 0.29) is 36.8 Å². The molecule has 20 heavy (non-hydrogen) atoms. The predicted octanol–water partition coefficient (Wildman–Crippen LogP) is 2.20. The number of nitrogens with one attached hydrogen (secondary N) is 1. The van der Waals surface area contributed by atoms with Crippen LogP contribution < -0.4 is 11.1 Å². The molecule has 0 saturated heterocycles. The molecule has 0 bridgehead atoms. The lowest BCUT2D eigenvalue weighted by atomic mass is 9.83. The number of halogens is 2. The summed E-state index contributed by atoms with van der Waals surface area (Å²) in [6, 6.07) is 0.229. The Kier molecular flexibility index (Phi) is 14.1. The zero-order valence-corrected chi connectivity index (χ0v) is 14.4. The van der Waals surface area contributed by atoms with Crippen LogP contribution in [-0.4, -0.2) is 43.0 Å². The Morgan fingerprint density at radius 2 is 1.80 bits per heavy atom. The lowest BCUT2D eigenvalue weighted by molar-refractivity contribution is -0.122. The molecule has 3 N–H and O–H groups in total. The van der Waals surface area contributed by atoms with Crippen LogP contribution in [-0.2, 0) is 4.79 Å². The molecule has 1 rings (SSSR count). The first-order chi connectivity index (χ1) is 8.67. The predicted molar refractivity (Wildman–Crippen MR) is 89.8 cm³/mol. The van der Waals surface area contributed by atoms with Crippen LogP contribution in [0.2, 0.25) is 0 Å². The highest BCUT2D eigenvalue weighted by molar-refractivity contribution is 5.85. The normalized spacial score (nSPS) is 21.8. The smallest absolute Gasteiger partial charge is 0.220 e. The first kappa shape index (κ1) is 22.3. The minimum Gasteiger partial charge on any atom is -0.355 e. The quantitative estimate of drug-likeness (QED) is 0.753. The summed E-state index contributed by atoms with van der Waals surface area (Å²) < 4.78 is 0. The summed E-state index contributed by atoms with van der Waals surface area (Å²) in [5, 5.41) is 3.01. The van der Waals surface area contributed by atoms with Crippen molar-refractivity contribution in [1.29, 1.82) is 0 Å². The standard InChI is InChI=1S/C14H29N3O.2ClH/c1-3-17(4-2)10-9-16-14(18)11-12-7-5-6-8-13(12)15;;/h12-13H,3-11,15H2,1-2H3,(H,16,18);2*1H. The zero-order valence-electron chi connectivity index (χ0n) is 12.8. The number of carbonyl (C=O) groups excluding carboxylic acids is 1. The molecule has 0 aromatic heterocycles. The molecular weight excluding hydrogens is 297 g/mol. The SMILES string of the molecule is CCN(CC)CCNC(=O)CC1CCCCC1N.Cl.Cl. The topological polar surface area (TPSA) is 58.4 Å². The van der Waals surface area contributed by atoms with E-state index in [1.165, 1.54) is 12.8 Å². The molecule has 1 fully saturated rings. The lowest BCUT2D eigenvalue weighted by Gasteiger charge is -2.28. The Balaban J connectivity index is 0. The monoisotopic (exact) mass is 327 g/mol. The van der Waals surface area contributed by atoms with Gasteiger partial charge in [0.2, 0.25) is 5.91 Å². The summed E-state index contributed by atoms with van der Waals surface area (Å²) in [6.07, 6.45) is 5.26. The number of nitrogens with zero attached hydrogens (tertiary/aromatic N) is 1. The molecule has 2 unspecified atom stereocenters. The van der Waals surface area contributed by atoms with Crippen LogP contribution in [0.15, 0.2) is 0 Å². The van der Waals surface area contributed by atoms with Gasteiger partial charge in [-0.1, -0.05) is 26.7 Å². The van der Waals surface area contributed by atoms with Crippen LogP contribution in [0.5, 0.6) is 0 Å². The van der Waals surface area contributed by atoms with Crippen molar-refractivity contribution in [1.82, 2.24) is 10.2 Å². The molecule has 1 aliphatic carbocycles. The third kappa shape index (κ3) is 8.30. The van der Waals surface area contributed by atoms with Gasteiger partial charge >= 0.3 is 0 Å². The average molecular weight is 328 g/mol. The van der Waals surface area contributed by atoms with Crippen molar-refractivity contribution in [3.05, 3.63) is 0 Å². The fourth-order valence-corrected chi connectivity index (χ4v) is 2.69. The summed E-state index contributed by atoms with van der Waals surface area (Å²) in [7, 11) is 0. The number of nitrogens with two attached hydrogens (primary N) is 1. The summed E-state index contributed by atoms with van der Waals surface area (Å²) in [5.41, 5.74) is 6.06. The van der Waals surface area contributed by atoms with Crippen LogP contribution in [0.1, 0.15) is 46.0 Å². The first-order valence-electron chi connectivity index (χ1n) is 7.42. The van der Waals surface area contributed by atoms with E-state index in [9.17, 15) is 4.79 Å². The molecule has 0 heterocycles. The molecule has 4 nitrogen and oxygen atoms in total. The maximum absolute atomic E-state index is 11.8. The van der Waals surface area contributed by atoms with E-state index < -0.39 is 0 Å². The third-order valence-electron chi connectivity index (χ3n) is 4.06. The van der Waals surface area contributed by atoms with Crippen LogP contribution in [0.4, 0.5) is 0 Å². The van der Waals surface area contributed by atoms with Gasteiger partial charge in [-0.2, -0.15) is 0 Å². The van der Waals surface area contributed by atoms with Crippen LogP contribution in [0, 0.1) is 5.92 Å². The number of rotatable bonds is 7. The minimum atomic E-state index is 0. The van der Waals surface area contributed by atoms with Crippen LogP contribution in [0.25, 0.3) is 0 Å². The van der Waals surface area contributed by atoms with Gasteiger partial charge in [-0.15, -0.1) is 24.8 Å². The van der Waals surface area contributed by atoms with Gasteiger partial charge < -0.3 is 16.0 Å². The fourth-order valence-electron chi connectivity index (χ4n) is 2.69. The molecule has 1 aliphatic rings. The Labute approximate surface area is 136 Å². The Morgan fingerprint density at radius 3 is 2.35 bits per heavy atom. The van der Waals surface area contributed by atoms with Gasteiger partial charge in [-0.25, -0.2) is 0 Å². The molecule has 2 atom stereocenters. The fraction of sp³-hybridized carbons (Fsp3) is 0.929. The molecule has 0 aromatic rings. The van der Waals surface area contributed by atoms with Gasteiger partial charge in [-0.05, 0) is 31.8 Å². The van der Waals surface area contributed by atoms with E-state index in [0.29, 0.717) is 12.3 Å². The minimum absolute atomic E-state index is 0. The molecule has 6 heteroatoms. The van der Waals surface area contributed by atoms with Crippen molar-refractivity contribution in [2.24, 2.45) is 11.7 Å². The van der Waals surface area contributed by atoms with Crippen molar-refractivity contribution in [2.75, 3.05) is 26.2 Å². The van der Waals surface area contributed by atoms with E-state index in [1.807, 2.05) is 0 Å². The molecule has 1 amide bonds. The molecule has 0 aromatic carbocycles. The number of carbonyl (C=O) groups is 1. The summed E-state index contributed by atoms with van der Waals surface area (Å²) in [4.78, 5) is 14.1. The maximum Gasteiger partial charge on any atom is 0.220 e. The van der Waals surface area contributed by atoms with E-state index in [0.717, 1.165) is 39.0 Å². The highest BCUT2D eigenvalue weighted by Gasteiger charge is 2.23. The highest BCUT2D eigenvalue weighted by atomic mass is 35.5. The number of hydrogen-bond donors (Lipinski definition) is 2. The van der Waals surface area contributed by atoms with Gasteiger partial charge in [0, 0.05) is 25.6 Å². The molecular formula is C14H31Cl2N3O. The van der Waals surface area contributed by atoms with Crippen molar-refractivity contribution < 1.29 is 4.79 Å². The second-order valence-corrected chi connectivity index (χ2v) is 5.29. The maximum atomic E-state index is 11.8. The Hall–Kier alpha value is -0.0300. The van der Waals surface area contributed by atoms with E-state index in [2.05, 4.69) is 24.1 Å². The highest BCUT2D eigenvalue weighted by Crippen LogP contribution is 2.25. The lowest BCUT2D eigenvalue weighted by Crippen LogP contribution is -2.39. The van der Waals surface area contributed by atoms with Crippen molar-refractivity contribution in [2.45, 2.75) is 52.0 Å². The van der Waals surface area contributed by atoms with Gasteiger partial charge in [0.15, 0.2) is 0 Å². The van der Waals surface area contributed by atoms with Gasteiger partial charge in [-0.3, -0.25) is 4.79 Å². The van der Waals surface area contributed by atoms with Crippen molar-refractivity contribution >= 4 is 30.7 Å². The van der Waals surface area contributed by atoms with Crippen molar-refractivity contribution in [3.8, 4) is 0 Å². The number of hydrogen-bond acceptors (Lipinski definition) is 3. The van der Waals surface area contributed by atoms with Gasteiger partial charge in [0.25, 0.3) is 0 Å². The largest absolute Gasteiger partial charge is 0.355 e. The van der Waals surface area contributed by atoms with E-state index in [4.69, 9.17) is 5.73 Å². The third-order valence-corrected chi connectivity index (χ3v) is 4.06. The second kappa shape index (κ2) is 12.7. The molecule has 1 saturated carbocycles. The zero-order chi connectivity index (χ0) is 13.4. The van der Waals surface area contributed by atoms with E-state index in [1.54, 1.807) is 0 Å². The first-order valence-corrected chi connectivity index (χ1v) is 7.42. The second-order valence-electron chi connectivity index (χ2n) is 5.29. The van der Waals surface area contributed by atoms with Crippen LogP contribution >= 0.6 is 24.8 Å². The summed E-state index contributed by atoms with van der Waals surface area (Å²) in [5.74, 6) is 0.566. The summed E-state index contributed by atoms with van der Waals surface area (Å²) >= 11 is 0. The summed E-state index contributed by atoms with van der Waals surface area (Å²) in [6.45, 7) is 8.07. The molecule has 0 aliphatic heterocycles. The van der Waals surface area contributed by atoms with Gasteiger partial charge in [0.05, 0.1) is 0 Å². The number of amides is 1. The molecule has 0 spiro atoms. The van der Waals surface area contributed by atoms with E-state index >= 15 is 0 Å². The van der Waals surface area contributed by atoms with Crippen LogP contribution in [0.3, 0.4) is 0 Å². The molecule has 0 radical (unpaired) electrons.